The molecule has 3 N–H and O–H groups in total. The number of rotatable bonds is 7. The highest BCUT2D eigenvalue weighted by molar-refractivity contribution is 7.11. The Kier molecular flexibility index (Phi) is 6.44. The molecule has 3 rings (SSSR count). The molecule has 6 heteroatoms. The van der Waals surface area contributed by atoms with Gasteiger partial charge < -0.3 is 15.6 Å². The van der Waals surface area contributed by atoms with Crippen LogP contribution in [0.3, 0.4) is 0 Å². The normalized spacial score (nSPS) is 11.5. The molecule has 0 aliphatic heterocycles. The highest BCUT2D eigenvalue weighted by Crippen LogP contribution is 2.17. The predicted octanol–water partition coefficient (Wildman–Crippen LogP) is 3.96. The number of guanidine groups is 1. The van der Waals surface area contributed by atoms with Gasteiger partial charge in [0.15, 0.2) is 5.96 Å². The van der Waals surface area contributed by atoms with Crippen molar-refractivity contribution in [2.24, 2.45) is 4.99 Å². The van der Waals surface area contributed by atoms with E-state index in [4.69, 9.17) is 0 Å². The average molecular weight is 368 g/mol. The molecule has 0 saturated heterocycles. The van der Waals surface area contributed by atoms with Crippen molar-refractivity contribution in [2.45, 2.75) is 33.4 Å². The molecule has 0 aliphatic rings. The van der Waals surface area contributed by atoms with E-state index in [1.807, 2.05) is 35.7 Å². The molecule has 0 bridgehead atoms. The van der Waals surface area contributed by atoms with Crippen LogP contribution in [0.2, 0.25) is 0 Å². The molecule has 26 heavy (non-hydrogen) atoms. The summed E-state index contributed by atoms with van der Waals surface area (Å²) in [6.45, 7) is 6.36. The van der Waals surface area contributed by atoms with Gasteiger partial charge in [0.1, 0.15) is 12.4 Å². The quantitative estimate of drug-likeness (QED) is 0.437. The van der Waals surface area contributed by atoms with Crippen molar-refractivity contribution < 1.29 is 0 Å². The summed E-state index contributed by atoms with van der Waals surface area (Å²) in [6.07, 6.45) is 2.94. The molecule has 136 valence electrons. The number of H-pyrrole nitrogens is 1. The van der Waals surface area contributed by atoms with Crippen molar-refractivity contribution in [3.63, 3.8) is 0 Å². The van der Waals surface area contributed by atoms with Gasteiger partial charge in [0.25, 0.3) is 0 Å². The van der Waals surface area contributed by atoms with Gasteiger partial charge in [0.2, 0.25) is 0 Å². The molecule has 0 saturated carbocycles. The number of aliphatic imine (C=N–C) groups is 1. The van der Waals surface area contributed by atoms with Crippen molar-refractivity contribution in [3.8, 4) is 11.3 Å². The Morgan fingerprint density at radius 3 is 2.62 bits per heavy atom. The van der Waals surface area contributed by atoms with Crippen molar-refractivity contribution in [3.05, 3.63) is 64.2 Å². The second-order valence-electron chi connectivity index (χ2n) is 5.88. The number of nitrogens with one attached hydrogen (secondary N) is 3. The number of aromatic nitrogens is 2. The Morgan fingerprint density at radius 2 is 1.88 bits per heavy atom. The van der Waals surface area contributed by atoms with Crippen molar-refractivity contribution in [1.82, 2.24) is 20.6 Å². The second-order valence-corrected chi connectivity index (χ2v) is 7.13. The Bertz CT molecular complexity index is 835. The Hall–Kier alpha value is -2.60. The molecule has 0 aliphatic carbocycles. The molecule has 2 aromatic heterocycles. The van der Waals surface area contributed by atoms with E-state index in [1.54, 1.807) is 0 Å². The lowest BCUT2D eigenvalue weighted by Crippen LogP contribution is -2.36. The third-order valence-electron chi connectivity index (χ3n) is 3.94. The van der Waals surface area contributed by atoms with Crippen LogP contribution < -0.4 is 10.6 Å². The first-order chi connectivity index (χ1) is 12.8. The van der Waals surface area contributed by atoms with Crippen LogP contribution >= 0.6 is 11.3 Å². The summed E-state index contributed by atoms with van der Waals surface area (Å²) < 4.78 is 0. The number of nitrogens with zero attached hydrogens (tertiary/aromatic N) is 2. The molecule has 5 nitrogen and oxygen atoms in total. The third kappa shape index (κ3) is 4.95. The lowest BCUT2D eigenvalue weighted by molar-refractivity contribution is 0.814. The monoisotopic (exact) mass is 367 g/mol. The lowest BCUT2D eigenvalue weighted by Gasteiger charge is -2.10. The number of aromatic amines is 1. The molecule has 0 unspecified atom stereocenters. The van der Waals surface area contributed by atoms with Crippen LogP contribution in [-0.4, -0.2) is 22.5 Å². The minimum atomic E-state index is 0.507. The number of thiophene rings is 1. The van der Waals surface area contributed by atoms with Crippen molar-refractivity contribution in [2.75, 3.05) is 6.54 Å². The van der Waals surface area contributed by atoms with E-state index in [0.717, 1.165) is 42.6 Å². The van der Waals surface area contributed by atoms with E-state index in [-0.39, 0.29) is 0 Å². The maximum atomic E-state index is 4.64. The van der Waals surface area contributed by atoms with Crippen LogP contribution in [0.5, 0.6) is 0 Å². The molecule has 0 radical (unpaired) electrons. The maximum absolute atomic E-state index is 4.64. The van der Waals surface area contributed by atoms with Gasteiger partial charge in [-0.25, -0.2) is 9.98 Å². The summed E-state index contributed by atoms with van der Waals surface area (Å²) in [5, 5.41) is 6.67. The van der Waals surface area contributed by atoms with Crippen LogP contribution in [0.4, 0.5) is 0 Å². The molecular formula is C20H25N5S. The van der Waals surface area contributed by atoms with Gasteiger partial charge in [-0.3, -0.25) is 0 Å². The largest absolute Gasteiger partial charge is 0.357 e. The summed E-state index contributed by atoms with van der Waals surface area (Å²) >= 11 is 1.84. The number of benzene rings is 1. The molecular weight excluding hydrogens is 342 g/mol. The van der Waals surface area contributed by atoms with Gasteiger partial charge in [-0.1, -0.05) is 37.3 Å². The summed E-state index contributed by atoms with van der Waals surface area (Å²) in [7, 11) is 0. The number of hydrogen-bond acceptors (Lipinski definition) is 3. The number of aryl methyl sites for hydroxylation is 1. The highest BCUT2D eigenvalue weighted by atomic mass is 32.1. The molecule has 0 atom stereocenters. The standard InChI is InChI=1S/C20H25N5S/c1-3-16-10-11-17(26-16)12-23-20(21-4-2)24-14-19-22-13-18(25-19)15-8-6-5-7-9-15/h5-11,13H,3-4,12,14H2,1-2H3,(H,22,25)(H2,21,23,24). The van der Waals surface area contributed by atoms with E-state index in [1.165, 1.54) is 9.75 Å². The first-order valence-electron chi connectivity index (χ1n) is 8.97. The zero-order valence-electron chi connectivity index (χ0n) is 15.2. The highest BCUT2D eigenvalue weighted by Gasteiger charge is 2.04. The minimum absolute atomic E-state index is 0.507. The fraction of sp³-hybridized carbons (Fsp3) is 0.300. The molecule has 2 heterocycles. The Labute approximate surface area is 158 Å². The zero-order chi connectivity index (χ0) is 18.2. The van der Waals surface area contributed by atoms with E-state index in [9.17, 15) is 0 Å². The fourth-order valence-corrected chi connectivity index (χ4v) is 3.48. The van der Waals surface area contributed by atoms with Gasteiger partial charge in [-0.15, -0.1) is 11.3 Å². The van der Waals surface area contributed by atoms with Crippen LogP contribution in [0.1, 0.15) is 29.4 Å². The van der Waals surface area contributed by atoms with E-state index in [2.05, 4.69) is 63.7 Å². The summed E-state index contributed by atoms with van der Waals surface area (Å²) in [4.78, 5) is 15.1. The fourth-order valence-electron chi connectivity index (χ4n) is 2.58. The van der Waals surface area contributed by atoms with Crippen LogP contribution in [0.15, 0.2) is 53.7 Å². The van der Waals surface area contributed by atoms with Gasteiger partial charge in [0, 0.05) is 16.3 Å². The van der Waals surface area contributed by atoms with E-state index >= 15 is 0 Å². The first-order valence-corrected chi connectivity index (χ1v) is 9.79. The second kappa shape index (κ2) is 9.20. The summed E-state index contributed by atoms with van der Waals surface area (Å²) in [6, 6.07) is 14.6. The lowest BCUT2D eigenvalue weighted by atomic mass is 10.2. The van der Waals surface area contributed by atoms with E-state index in [0.29, 0.717) is 6.54 Å². The number of hydrogen-bond donors (Lipinski definition) is 3. The van der Waals surface area contributed by atoms with Gasteiger partial charge in [-0.2, -0.15) is 0 Å². The Morgan fingerprint density at radius 1 is 1.08 bits per heavy atom. The zero-order valence-corrected chi connectivity index (χ0v) is 16.1. The molecule has 1 aromatic carbocycles. The topological polar surface area (TPSA) is 65.1 Å². The van der Waals surface area contributed by atoms with Crippen molar-refractivity contribution >= 4 is 17.3 Å². The smallest absolute Gasteiger partial charge is 0.191 e. The minimum Gasteiger partial charge on any atom is -0.357 e. The van der Waals surface area contributed by atoms with Crippen LogP contribution in [0, 0.1) is 0 Å². The summed E-state index contributed by atoms with van der Waals surface area (Å²) in [5.41, 5.74) is 2.14. The van der Waals surface area contributed by atoms with Crippen LogP contribution in [-0.2, 0) is 19.5 Å². The predicted molar refractivity (Wildman–Crippen MR) is 109 cm³/mol. The molecule has 0 amide bonds. The van der Waals surface area contributed by atoms with Gasteiger partial charge >= 0.3 is 0 Å². The SMILES string of the molecule is CCNC(=NCc1ncc(-c2ccccc2)[nH]1)NCc1ccc(CC)s1. The van der Waals surface area contributed by atoms with E-state index < -0.39 is 0 Å². The first kappa shape index (κ1) is 18.2. The molecule has 3 aromatic rings. The van der Waals surface area contributed by atoms with Gasteiger partial charge in [0.05, 0.1) is 18.4 Å². The van der Waals surface area contributed by atoms with Gasteiger partial charge in [-0.05, 0) is 31.0 Å². The average Bonchev–Trinajstić information content (AvgIpc) is 3.34. The molecule has 0 fully saturated rings. The Balaban J connectivity index is 1.61. The van der Waals surface area contributed by atoms with Crippen molar-refractivity contribution in [1.29, 1.82) is 0 Å². The maximum Gasteiger partial charge on any atom is 0.191 e. The molecule has 0 spiro atoms. The summed E-state index contributed by atoms with van der Waals surface area (Å²) in [5.74, 6) is 1.65. The van der Waals surface area contributed by atoms with Crippen LogP contribution in [0.25, 0.3) is 11.3 Å². The number of imidazole rings is 1. The third-order valence-corrected chi connectivity index (χ3v) is 5.17.